The maximum atomic E-state index is 4.94. The maximum Gasteiger partial charge on any atom is 0.0853 e. The normalized spacial score (nSPS) is 18.7. The van der Waals surface area contributed by atoms with Gasteiger partial charge in [0, 0.05) is 0 Å². The van der Waals surface area contributed by atoms with Crippen molar-refractivity contribution in [2.75, 3.05) is 39.6 Å². The van der Waals surface area contributed by atoms with Crippen LogP contribution in [0.1, 0.15) is 97.3 Å². The molecule has 0 aliphatic carbocycles. The highest BCUT2D eigenvalue weighted by Gasteiger charge is 1.96. The Morgan fingerprint density at radius 1 is 0.462 bits per heavy atom. The molecule has 26 heavy (non-hydrogen) atoms. The van der Waals surface area contributed by atoms with Gasteiger partial charge in [-0.1, -0.05) is 89.5 Å². The van der Waals surface area contributed by atoms with Crippen molar-refractivity contribution in [3.8, 4) is 0 Å². The van der Waals surface area contributed by atoms with Crippen molar-refractivity contribution in [2.45, 2.75) is 97.3 Å². The number of hydrogen-bond acceptors (Lipinski definition) is 5. The van der Waals surface area contributed by atoms with Gasteiger partial charge in [-0.05, 0) is 12.8 Å². The van der Waals surface area contributed by atoms with E-state index in [-0.39, 0.29) is 0 Å². The zero-order chi connectivity index (χ0) is 19.0. The molecule has 0 aromatic heterocycles. The molecule has 2 saturated heterocycles. The van der Waals surface area contributed by atoms with Crippen LogP contribution in [0.5, 0.6) is 0 Å². The first kappa shape index (κ1) is 25.8. The van der Waals surface area contributed by atoms with Gasteiger partial charge in [-0.3, -0.25) is 0 Å². The lowest BCUT2D eigenvalue weighted by Gasteiger charge is -2.09. The molecule has 158 valence electrons. The lowest BCUT2D eigenvalue weighted by Crippen LogP contribution is -2.16. The Labute approximate surface area is 161 Å². The Balaban J connectivity index is 0.000000372. The minimum atomic E-state index is 0.653. The summed E-state index contributed by atoms with van der Waals surface area (Å²) < 4.78 is 9.89. The van der Waals surface area contributed by atoms with E-state index in [0.717, 1.165) is 39.3 Å². The molecule has 2 heterocycles. The first-order chi connectivity index (χ1) is 12.9. The van der Waals surface area contributed by atoms with Crippen molar-refractivity contribution < 1.29 is 24.3 Å². The lowest BCUT2D eigenvalue weighted by molar-refractivity contribution is -0.513. The monoisotopic (exact) mass is 376 g/mol. The largest absolute Gasteiger partial charge is 0.377 e. The predicted molar refractivity (Wildman–Crippen MR) is 106 cm³/mol. The molecule has 5 nitrogen and oxygen atoms in total. The molecule has 2 aliphatic heterocycles. The van der Waals surface area contributed by atoms with Gasteiger partial charge in [0.05, 0.1) is 39.6 Å². The van der Waals surface area contributed by atoms with E-state index in [2.05, 4.69) is 28.7 Å². The Morgan fingerprint density at radius 3 is 1.23 bits per heavy atom. The molecular formula is C21H44O5. The van der Waals surface area contributed by atoms with Crippen molar-refractivity contribution in [1.82, 2.24) is 0 Å². The molecule has 5 heteroatoms. The summed E-state index contributed by atoms with van der Waals surface area (Å²) in [6.07, 6.45) is 17.4. The standard InChI is InChI=1S/C10H22.C7H14O3.C4H8O2/c1-3-5-7-9-10-8-6-4-2;1-2-4-6-8-10-9-7-5-3-1;1-2-6-4-3-5-1/h3-10H2,1-2H3;1-7H2;1-4H2. The second-order valence-corrected chi connectivity index (χ2v) is 6.83. The first-order valence-corrected chi connectivity index (χ1v) is 11.0. The van der Waals surface area contributed by atoms with Crippen LogP contribution in [0.4, 0.5) is 0 Å². The third kappa shape index (κ3) is 23.8. The number of rotatable bonds is 7. The van der Waals surface area contributed by atoms with E-state index in [4.69, 9.17) is 9.47 Å². The zero-order valence-electron chi connectivity index (χ0n) is 17.5. The Hall–Kier alpha value is -0.200. The summed E-state index contributed by atoms with van der Waals surface area (Å²) in [4.78, 5) is 9.38. The van der Waals surface area contributed by atoms with E-state index >= 15 is 0 Å². The zero-order valence-corrected chi connectivity index (χ0v) is 17.5. The van der Waals surface area contributed by atoms with Gasteiger partial charge in [-0.2, -0.15) is 0 Å². The average Bonchev–Trinajstić information content (AvgIpc) is 2.71. The van der Waals surface area contributed by atoms with E-state index in [1.54, 1.807) is 0 Å². The van der Waals surface area contributed by atoms with Gasteiger partial charge in [-0.25, -0.2) is 9.78 Å². The van der Waals surface area contributed by atoms with E-state index in [9.17, 15) is 0 Å². The quantitative estimate of drug-likeness (QED) is 0.402. The Bertz CT molecular complexity index is 182. The van der Waals surface area contributed by atoms with Crippen molar-refractivity contribution in [1.29, 1.82) is 0 Å². The summed E-state index contributed by atoms with van der Waals surface area (Å²) in [6, 6.07) is 0. The summed E-state index contributed by atoms with van der Waals surface area (Å²) >= 11 is 0. The first-order valence-electron chi connectivity index (χ1n) is 11.0. The molecule has 0 unspecified atom stereocenters. The fourth-order valence-electron chi connectivity index (χ4n) is 2.60. The SMILES string of the molecule is C1CCCOOOCCC1.C1COCCO1.CCCCCCCCCC. The molecule has 0 radical (unpaired) electrons. The molecule has 2 fully saturated rings. The molecule has 2 rings (SSSR count). The molecule has 0 N–H and O–H groups in total. The molecule has 0 bridgehead atoms. The minimum Gasteiger partial charge on any atom is -0.377 e. The minimum absolute atomic E-state index is 0.653. The molecular weight excluding hydrogens is 332 g/mol. The number of hydrogen-bond donors (Lipinski definition) is 0. The molecule has 0 aromatic rings. The highest BCUT2D eigenvalue weighted by atomic mass is 17.5. The second kappa shape index (κ2) is 24.8. The second-order valence-electron chi connectivity index (χ2n) is 6.83. The fraction of sp³-hybridized carbons (Fsp3) is 1.00. The lowest BCUT2D eigenvalue weighted by atomic mass is 10.1. The summed E-state index contributed by atoms with van der Waals surface area (Å²) in [6.45, 7) is 8.96. The highest BCUT2D eigenvalue weighted by molar-refractivity contribution is 4.44. The van der Waals surface area contributed by atoms with Crippen molar-refractivity contribution in [3.05, 3.63) is 0 Å². The average molecular weight is 377 g/mol. The summed E-state index contributed by atoms with van der Waals surface area (Å²) in [5.41, 5.74) is 0. The van der Waals surface area contributed by atoms with Crippen LogP contribution in [0, 0.1) is 0 Å². The van der Waals surface area contributed by atoms with Gasteiger partial charge < -0.3 is 9.47 Å². The Morgan fingerprint density at radius 2 is 0.846 bits per heavy atom. The van der Waals surface area contributed by atoms with E-state index < -0.39 is 0 Å². The van der Waals surface area contributed by atoms with Crippen LogP contribution in [0.15, 0.2) is 0 Å². The number of ether oxygens (including phenoxy) is 2. The molecule has 0 amide bonds. The highest BCUT2D eigenvalue weighted by Crippen LogP contribution is 2.07. The Kier molecular flexibility index (Phi) is 24.6. The summed E-state index contributed by atoms with van der Waals surface area (Å²) in [5.74, 6) is 0. The molecule has 0 spiro atoms. The van der Waals surface area contributed by atoms with Crippen LogP contribution in [0.25, 0.3) is 0 Å². The topological polar surface area (TPSA) is 46.2 Å². The van der Waals surface area contributed by atoms with E-state index in [1.807, 2.05) is 0 Å². The van der Waals surface area contributed by atoms with Crippen LogP contribution < -0.4 is 0 Å². The summed E-state index contributed by atoms with van der Waals surface area (Å²) in [7, 11) is 0. The fourth-order valence-corrected chi connectivity index (χ4v) is 2.60. The molecule has 0 atom stereocenters. The third-order valence-corrected chi connectivity index (χ3v) is 4.25. The van der Waals surface area contributed by atoms with E-state index in [0.29, 0.717) is 13.2 Å². The van der Waals surface area contributed by atoms with Gasteiger partial charge >= 0.3 is 0 Å². The van der Waals surface area contributed by atoms with Crippen molar-refractivity contribution in [3.63, 3.8) is 0 Å². The van der Waals surface area contributed by atoms with Crippen molar-refractivity contribution >= 4 is 0 Å². The molecule has 0 aromatic carbocycles. The van der Waals surface area contributed by atoms with Crippen LogP contribution in [-0.2, 0) is 24.3 Å². The molecule has 2 aliphatic rings. The van der Waals surface area contributed by atoms with Gasteiger partial charge in [0.1, 0.15) is 0 Å². The van der Waals surface area contributed by atoms with Crippen LogP contribution in [-0.4, -0.2) is 39.6 Å². The summed E-state index contributed by atoms with van der Waals surface area (Å²) in [5, 5.41) is 4.41. The smallest absolute Gasteiger partial charge is 0.0853 e. The van der Waals surface area contributed by atoms with Crippen LogP contribution >= 0.6 is 0 Å². The van der Waals surface area contributed by atoms with Gasteiger partial charge in [0.2, 0.25) is 0 Å². The number of unbranched alkanes of at least 4 members (excludes halogenated alkanes) is 7. The molecule has 0 saturated carbocycles. The van der Waals surface area contributed by atoms with Gasteiger partial charge in [-0.15, -0.1) is 0 Å². The predicted octanol–water partition coefficient (Wildman–Crippen LogP) is 6.01. The van der Waals surface area contributed by atoms with Crippen molar-refractivity contribution in [2.24, 2.45) is 0 Å². The maximum absolute atomic E-state index is 4.94. The van der Waals surface area contributed by atoms with Crippen LogP contribution in [0.2, 0.25) is 0 Å². The third-order valence-electron chi connectivity index (χ3n) is 4.25. The van der Waals surface area contributed by atoms with Crippen LogP contribution in [0.3, 0.4) is 0 Å². The van der Waals surface area contributed by atoms with E-state index in [1.165, 1.54) is 70.6 Å². The van der Waals surface area contributed by atoms with Gasteiger partial charge in [0.15, 0.2) is 0 Å². The van der Waals surface area contributed by atoms with Gasteiger partial charge in [0.25, 0.3) is 0 Å².